The summed E-state index contributed by atoms with van der Waals surface area (Å²) in [5, 5.41) is 8.47. The number of H-pyrrole nitrogens is 1. The van der Waals surface area contributed by atoms with Gasteiger partial charge in [0.25, 0.3) is 11.1 Å². The molecule has 4 rings (SSSR count). The first-order valence-electron chi connectivity index (χ1n) is 7.99. The van der Waals surface area contributed by atoms with Crippen LogP contribution in [-0.4, -0.2) is 26.2 Å². The Kier molecular flexibility index (Phi) is 4.30. The molecule has 5 nitrogen and oxygen atoms in total. The number of nitrogens with zero attached hydrogens (tertiary/aromatic N) is 2. The van der Waals surface area contributed by atoms with Crippen molar-refractivity contribution in [2.24, 2.45) is 0 Å². The summed E-state index contributed by atoms with van der Waals surface area (Å²) in [4.78, 5) is 15.9. The second-order valence-electron chi connectivity index (χ2n) is 5.73. The lowest BCUT2D eigenvalue weighted by molar-refractivity contribution is 0.0995. The summed E-state index contributed by atoms with van der Waals surface area (Å²) < 4.78 is 19.3. The maximum Gasteiger partial charge on any atom is 0.277 e. The van der Waals surface area contributed by atoms with E-state index in [4.69, 9.17) is 4.42 Å². The van der Waals surface area contributed by atoms with E-state index in [-0.39, 0.29) is 22.5 Å². The van der Waals surface area contributed by atoms with Crippen LogP contribution in [0.2, 0.25) is 0 Å². The van der Waals surface area contributed by atoms with Gasteiger partial charge in [-0.15, -0.1) is 10.2 Å². The lowest BCUT2D eigenvalue weighted by Crippen LogP contribution is -2.13. The van der Waals surface area contributed by atoms with Crippen LogP contribution >= 0.6 is 11.8 Å². The zero-order chi connectivity index (χ0) is 18.1. The van der Waals surface area contributed by atoms with Gasteiger partial charge in [-0.1, -0.05) is 42.1 Å². The van der Waals surface area contributed by atoms with Crippen molar-refractivity contribution in [3.05, 3.63) is 66.1 Å². The Morgan fingerprint density at radius 3 is 2.77 bits per heavy atom. The number of nitrogens with one attached hydrogen (secondary N) is 1. The van der Waals surface area contributed by atoms with Gasteiger partial charge >= 0.3 is 0 Å². The topological polar surface area (TPSA) is 71.8 Å². The van der Waals surface area contributed by atoms with Gasteiger partial charge in [-0.25, -0.2) is 4.39 Å². The summed E-state index contributed by atoms with van der Waals surface area (Å²) in [6.07, 6.45) is 1.71. The van der Waals surface area contributed by atoms with Gasteiger partial charge in [0.2, 0.25) is 0 Å². The van der Waals surface area contributed by atoms with Gasteiger partial charge in [0.15, 0.2) is 5.78 Å². The molecule has 4 aromatic rings. The Balaban J connectivity index is 1.54. The van der Waals surface area contributed by atoms with Crippen LogP contribution in [0.1, 0.15) is 17.3 Å². The smallest absolute Gasteiger partial charge is 0.277 e. The first-order valence-corrected chi connectivity index (χ1v) is 8.87. The van der Waals surface area contributed by atoms with Crippen LogP contribution in [0, 0.1) is 5.82 Å². The van der Waals surface area contributed by atoms with Crippen molar-refractivity contribution >= 4 is 28.4 Å². The molecule has 2 aromatic heterocycles. The minimum Gasteiger partial charge on any atom is -0.411 e. The predicted molar refractivity (Wildman–Crippen MR) is 97.6 cm³/mol. The first kappa shape index (κ1) is 16.5. The Bertz CT molecular complexity index is 1090. The maximum atomic E-state index is 13.8. The highest BCUT2D eigenvalue weighted by atomic mass is 32.2. The number of carbonyl (C=O) groups is 1. The monoisotopic (exact) mass is 367 g/mol. The zero-order valence-corrected chi connectivity index (χ0v) is 14.6. The second kappa shape index (κ2) is 6.76. The van der Waals surface area contributed by atoms with Crippen LogP contribution < -0.4 is 0 Å². The molecule has 2 aromatic carbocycles. The number of carbonyl (C=O) groups excluding carboxylic acids is 1. The molecule has 0 unspecified atom stereocenters. The van der Waals surface area contributed by atoms with Gasteiger partial charge in [-0.3, -0.25) is 4.79 Å². The molecular weight excluding hydrogens is 353 g/mol. The van der Waals surface area contributed by atoms with E-state index in [2.05, 4.69) is 15.2 Å². The Labute approximate surface area is 152 Å². The number of aromatic amines is 1. The quantitative estimate of drug-likeness (QED) is 0.408. The average molecular weight is 367 g/mol. The third-order valence-electron chi connectivity index (χ3n) is 4.01. The Hall–Kier alpha value is -2.93. The van der Waals surface area contributed by atoms with Crippen molar-refractivity contribution in [2.75, 3.05) is 0 Å². The van der Waals surface area contributed by atoms with Gasteiger partial charge in [0.1, 0.15) is 5.82 Å². The van der Waals surface area contributed by atoms with Crippen molar-refractivity contribution in [2.45, 2.75) is 17.4 Å². The van der Waals surface area contributed by atoms with E-state index in [0.29, 0.717) is 5.56 Å². The number of hydrogen-bond acceptors (Lipinski definition) is 5. The standard InChI is InChI=1S/C19H14FN3O2S/c1-11(17(24)14-10-21-16-9-5-3-6-12(14)16)26-19-23-22-18(25-19)13-7-2-4-8-15(13)20/h2-11,21H,1H3/t11-/m0/s1. The van der Waals surface area contributed by atoms with Crippen LogP contribution in [0.25, 0.3) is 22.4 Å². The summed E-state index contributed by atoms with van der Waals surface area (Å²) in [5.74, 6) is -0.383. The van der Waals surface area contributed by atoms with Gasteiger partial charge in [0.05, 0.1) is 10.8 Å². The highest BCUT2D eigenvalue weighted by Crippen LogP contribution is 2.30. The molecule has 2 heterocycles. The molecule has 0 radical (unpaired) electrons. The number of para-hydroxylation sites is 1. The van der Waals surface area contributed by atoms with Crippen molar-refractivity contribution < 1.29 is 13.6 Å². The molecule has 0 aliphatic carbocycles. The molecule has 1 N–H and O–H groups in total. The lowest BCUT2D eigenvalue weighted by atomic mass is 10.1. The number of fused-ring (bicyclic) bond motifs is 1. The number of ketones is 1. The summed E-state index contributed by atoms with van der Waals surface area (Å²) >= 11 is 1.15. The van der Waals surface area contributed by atoms with E-state index >= 15 is 0 Å². The Morgan fingerprint density at radius 1 is 1.15 bits per heavy atom. The summed E-state index contributed by atoms with van der Waals surface area (Å²) in [5.41, 5.74) is 1.77. The number of Topliss-reactive ketones (excluding diaryl/α,β-unsaturated/α-hetero) is 1. The van der Waals surface area contributed by atoms with Crippen molar-refractivity contribution in [1.82, 2.24) is 15.2 Å². The highest BCUT2D eigenvalue weighted by Gasteiger charge is 2.22. The van der Waals surface area contributed by atoms with Crippen LogP contribution in [0.5, 0.6) is 0 Å². The molecule has 7 heteroatoms. The number of thioether (sulfide) groups is 1. The van der Waals surface area contributed by atoms with E-state index in [1.54, 1.807) is 31.3 Å². The van der Waals surface area contributed by atoms with Gasteiger partial charge in [-0.2, -0.15) is 0 Å². The number of aromatic nitrogens is 3. The third kappa shape index (κ3) is 3.01. The fourth-order valence-electron chi connectivity index (χ4n) is 2.70. The van der Waals surface area contributed by atoms with Crippen molar-refractivity contribution in [3.63, 3.8) is 0 Å². The van der Waals surface area contributed by atoms with E-state index in [0.717, 1.165) is 22.7 Å². The molecule has 0 spiro atoms. The first-order chi connectivity index (χ1) is 12.6. The minimum atomic E-state index is -0.435. The number of hydrogen-bond donors (Lipinski definition) is 1. The SMILES string of the molecule is C[C@H](Sc1nnc(-c2ccccc2F)o1)C(=O)c1c[nH]c2ccccc12. The molecule has 1 atom stereocenters. The van der Waals surface area contributed by atoms with Gasteiger partial charge < -0.3 is 9.40 Å². The molecule has 0 saturated carbocycles. The summed E-state index contributed by atoms with van der Waals surface area (Å²) in [7, 11) is 0. The zero-order valence-electron chi connectivity index (χ0n) is 13.8. The molecule has 0 saturated heterocycles. The van der Waals surface area contributed by atoms with Crippen LogP contribution in [0.4, 0.5) is 4.39 Å². The molecule has 130 valence electrons. The number of halogens is 1. The van der Waals surface area contributed by atoms with Crippen molar-refractivity contribution in [1.29, 1.82) is 0 Å². The van der Waals surface area contributed by atoms with Crippen LogP contribution in [0.3, 0.4) is 0 Å². The minimum absolute atomic E-state index is 0.0434. The number of benzene rings is 2. The average Bonchev–Trinajstić information content (AvgIpc) is 3.28. The fourth-order valence-corrected chi connectivity index (χ4v) is 3.45. The molecular formula is C19H14FN3O2S. The Morgan fingerprint density at radius 2 is 1.92 bits per heavy atom. The third-order valence-corrected chi connectivity index (χ3v) is 4.95. The normalized spacial score (nSPS) is 12.4. The van der Waals surface area contributed by atoms with Crippen LogP contribution in [0.15, 0.2) is 64.4 Å². The molecule has 26 heavy (non-hydrogen) atoms. The van der Waals surface area contributed by atoms with E-state index in [9.17, 15) is 9.18 Å². The number of rotatable bonds is 5. The summed E-state index contributed by atoms with van der Waals surface area (Å²) in [6, 6.07) is 13.8. The van der Waals surface area contributed by atoms with Gasteiger partial charge in [-0.05, 0) is 25.1 Å². The van der Waals surface area contributed by atoms with Crippen molar-refractivity contribution in [3.8, 4) is 11.5 Å². The van der Waals surface area contributed by atoms with Gasteiger partial charge in [0, 0.05) is 22.7 Å². The fraction of sp³-hybridized carbons (Fsp3) is 0.105. The molecule has 0 aliphatic rings. The largest absolute Gasteiger partial charge is 0.411 e. The highest BCUT2D eigenvalue weighted by molar-refractivity contribution is 8.00. The summed E-state index contributed by atoms with van der Waals surface area (Å²) in [6.45, 7) is 1.78. The maximum absolute atomic E-state index is 13.8. The molecule has 0 fully saturated rings. The molecule has 0 amide bonds. The second-order valence-corrected chi connectivity index (χ2v) is 7.02. The van der Waals surface area contributed by atoms with E-state index in [1.165, 1.54) is 6.07 Å². The molecule has 0 aliphatic heterocycles. The van der Waals surface area contributed by atoms with Crippen LogP contribution in [-0.2, 0) is 0 Å². The lowest BCUT2D eigenvalue weighted by Gasteiger charge is -2.06. The molecule has 0 bridgehead atoms. The van der Waals surface area contributed by atoms with E-state index in [1.807, 2.05) is 24.3 Å². The van der Waals surface area contributed by atoms with E-state index < -0.39 is 11.1 Å². The predicted octanol–water partition coefficient (Wildman–Crippen LogP) is 4.72.